The summed E-state index contributed by atoms with van der Waals surface area (Å²) >= 11 is 0. The van der Waals surface area contributed by atoms with Crippen LogP contribution >= 0.6 is 0 Å². The molecular formula is C29H32N4O4. The standard InChI is InChI=1S/C25H28N4.C4H4O4/c1-18-17-22-25(26-19(18)2)29(16-10-15-28(3)4)23-14-9-8-13-21(23)24(27-22)20-11-6-5-7-12-20;5-3(6)1-2-4(7)8/h5-9,11-14,17H,10,15-16H2,1-4H3;1-2H,(H,5,6)(H,7,8). The van der Waals surface area contributed by atoms with Crippen molar-refractivity contribution in [3.05, 3.63) is 95.2 Å². The zero-order chi connectivity index (χ0) is 26.9. The van der Waals surface area contributed by atoms with Gasteiger partial charge in [-0.3, -0.25) is 0 Å². The summed E-state index contributed by atoms with van der Waals surface area (Å²) in [6, 6.07) is 21.2. The van der Waals surface area contributed by atoms with E-state index in [0.717, 1.165) is 53.5 Å². The Morgan fingerprint density at radius 3 is 2.19 bits per heavy atom. The smallest absolute Gasteiger partial charge is 0.328 e. The van der Waals surface area contributed by atoms with Crippen LogP contribution in [0.25, 0.3) is 0 Å². The molecule has 3 aromatic rings. The van der Waals surface area contributed by atoms with E-state index in [0.29, 0.717) is 12.2 Å². The molecule has 1 aromatic heterocycles. The third-order valence-corrected chi connectivity index (χ3v) is 5.77. The number of anilines is 2. The second kappa shape index (κ2) is 12.6. The van der Waals surface area contributed by atoms with Crippen LogP contribution in [0.15, 0.2) is 77.8 Å². The molecule has 2 aromatic carbocycles. The van der Waals surface area contributed by atoms with Crippen molar-refractivity contribution in [3.8, 4) is 0 Å². The summed E-state index contributed by atoms with van der Waals surface area (Å²) in [5.74, 6) is -1.56. The van der Waals surface area contributed by atoms with Crippen molar-refractivity contribution in [2.75, 3.05) is 32.1 Å². The van der Waals surface area contributed by atoms with Crippen molar-refractivity contribution >= 4 is 34.8 Å². The lowest BCUT2D eigenvalue weighted by atomic mass is 10.00. The maximum atomic E-state index is 9.55. The van der Waals surface area contributed by atoms with Crippen LogP contribution in [0.1, 0.15) is 28.8 Å². The predicted molar refractivity (Wildman–Crippen MR) is 146 cm³/mol. The van der Waals surface area contributed by atoms with Gasteiger partial charge in [0.25, 0.3) is 0 Å². The Hall–Kier alpha value is -4.30. The van der Waals surface area contributed by atoms with E-state index in [9.17, 15) is 9.59 Å². The maximum Gasteiger partial charge on any atom is 0.328 e. The van der Waals surface area contributed by atoms with Gasteiger partial charge in [0.15, 0.2) is 5.82 Å². The molecular weight excluding hydrogens is 468 g/mol. The van der Waals surface area contributed by atoms with Crippen molar-refractivity contribution in [1.82, 2.24) is 9.88 Å². The van der Waals surface area contributed by atoms with Crippen molar-refractivity contribution in [3.63, 3.8) is 0 Å². The minimum Gasteiger partial charge on any atom is -0.478 e. The number of rotatable bonds is 7. The summed E-state index contributed by atoms with van der Waals surface area (Å²) in [5.41, 5.74) is 7.60. The number of carboxylic acid groups (broad SMARTS) is 2. The summed E-state index contributed by atoms with van der Waals surface area (Å²) < 4.78 is 0. The lowest BCUT2D eigenvalue weighted by molar-refractivity contribution is -0.134. The van der Waals surface area contributed by atoms with Gasteiger partial charge in [0, 0.05) is 35.5 Å². The van der Waals surface area contributed by atoms with Gasteiger partial charge in [-0.25, -0.2) is 19.6 Å². The van der Waals surface area contributed by atoms with Crippen LogP contribution in [0.3, 0.4) is 0 Å². The van der Waals surface area contributed by atoms with E-state index in [1.54, 1.807) is 0 Å². The Kier molecular flexibility index (Phi) is 9.29. The zero-order valence-corrected chi connectivity index (χ0v) is 21.5. The second-order valence-corrected chi connectivity index (χ2v) is 8.90. The second-order valence-electron chi connectivity index (χ2n) is 8.90. The lowest BCUT2D eigenvalue weighted by Gasteiger charge is -2.26. The normalized spacial score (nSPS) is 12.2. The van der Waals surface area contributed by atoms with Crippen molar-refractivity contribution in [1.29, 1.82) is 0 Å². The van der Waals surface area contributed by atoms with Gasteiger partial charge in [-0.1, -0.05) is 48.5 Å². The van der Waals surface area contributed by atoms with Crippen molar-refractivity contribution in [2.45, 2.75) is 20.3 Å². The first-order chi connectivity index (χ1) is 17.7. The van der Waals surface area contributed by atoms with Crippen LogP contribution in [0.5, 0.6) is 0 Å². The SMILES string of the molecule is Cc1cc2c(nc1C)N(CCCN(C)C)c1ccccc1C(c1ccccc1)=N2.O=C(O)C=CC(=O)O. The quantitative estimate of drug-likeness (QED) is 0.441. The Balaban J connectivity index is 0.000000414. The minimum absolute atomic E-state index is 0.558. The van der Waals surface area contributed by atoms with Crippen LogP contribution in [0, 0.1) is 13.8 Å². The van der Waals surface area contributed by atoms with Gasteiger partial charge >= 0.3 is 11.9 Å². The van der Waals surface area contributed by atoms with Crippen LogP contribution < -0.4 is 4.90 Å². The summed E-state index contributed by atoms with van der Waals surface area (Å²) in [6.07, 6.45) is 2.17. The Labute approximate surface area is 217 Å². The van der Waals surface area contributed by atoms with Gasteiger partial charge in [-0.05, 0) is 58.6 Å². The third-order valence-electron chi connectivity index (χ3n) is 5.77. The summed E-state index contributed by atoms with van der Waals surface area (Å²) in [5, 5.41) is 15.6. The lowest BCUT2D eigenvalue weighted by Crippen LogP contribution is -2.25. The number of aryl methyl sites for hydroxylation is 2. The predicted octanol–water partition coefficient (Wildman–Crippen LogP) is 4.98. The van der Waals surface area contributed by atoms with E-state index in [1.807, 2.05) is 6.07 Å². The van der Waals surface area contributed by atoms with Gasteiger partial charge in [-0.2, -0.15) is 0 Å². The molecule has 0 atom stereocenters. The first kappa shape index (κ1) is 27.3. The number of fused-ring (bicyclic) bond motifs is 2. The topological polar surface area (TPSA) is 106 Å². The maximum absolute atomic E-state index is 9.55. The summed E-state index contributed by atoms with van der Waals surface area (Å²) in [4.78, 5) is 33.8. The van der Waals surface area contributed by atoms with Gasteiger partial charge in [0.1, 0.15) is 5.69 Å². The largest absolute Gasteiger partial charge is 0.478 e. The molecule has 0 amide bonds. The van der Waals surface area contributed by atoms with E-state index in [-0.39, 0.29) is 0 Å². The van der Waals surface area contributed by atoms with Crippen LogP contribution in [-0.2, 0) is 9.59 Å². The zero-order valence-electron chi connectivity index (χ0n) is 21.5. The number of aliphatic imine (C=N–C) groups is 1. The fourth-order valence-electron chi connectivity index (χ4n) is 3.89. The number of aromatic nitrogens is 1. The summed E-state index contributed by atoms with van der Waals surface area (Å²) in [7, 11) is 4.24. The Morgan fingerprint density at radius 1 is 0.946 bits per heavy atom. The van der Waals surface area contributed by atoms with E-state index in [2.05, 4.69) is 92.3 Å². The minimum atomic E-state index is -1.26. The molecule has 2 heterocycles. The van der Waals surface area contributed by atoms with Gasteiger partial charge in [-0.15, -0.1) is 0 Å². The molecule has 2 N–H and O–H groups in total. The van der Waals surface area contributed by atoms with E-state index < -0.39 is 11.9 Å². The summed E-state index contributed by atoms with van der Waals surface area (Å²) in [6.45, 7) is 6.11. The molecule has 0 saturated carbocycles. The molecule has 1 aliphatic heterocycles. The highest BCUT2D eigenvalue weighted by molar-refractivity contribution is 6.18. The fourth-order valence-corrected chi connectivity index (χ4v) is 3.89. The molecule has 0 aliphatic carbocycles. The molecule has 8 heteroatoms. The van der Waals surface area contributed by atoms with E-state index in [1.165, 1.54) is 11.3 Å². The molecule has 192 valence electrons. The number of pyridine rings is 1. The molecule has 0 bridgehead atoms. The molecule has 37 heavy (non-hydrogen) atoms. The van der Waals surface area contributed by atoms with Gasteiger partial charge in [0.05, 0.1) is 11.4 Å². The highest BCUT2D eigenvalue weighted by Gasteiger charge is 2.25. The van der Waals surface area contributed by atoms with Gasteiger partial charge in [0.2, 0.25) is 0 Å². The number of hydrogen-bond acceptors (Lipinski definition) is 6. The fraction of sp³-hybridized carbons (Fsp3) is 0.241. The first-order valence-electron chi connectivity index (χ1n) is 12.0. The number of nitrogens with zero attached hydrogens (tertiary/aromatic N) is 4. The van der Waals surface area contributed by atoms with Crippen LogP contribution in [0.2, 0.25) is 0 Å². The Morgan fingerprint density at radius 2 is 1.57 bits per heavy atom. The molecule has 1 aliphatic rings. The molecule has 0 spiro atoms. The molecule has 4 rings (SSSR count). The monoisotopic (exact) mass is 500 g/mol. The number of aliphatic carboxylic acids is 2. The number of benzene rings is 2. The van der Waals surface area contributed by atoms with E-state index in [4.69, 9.17) is 20.2 Å². The Bertz CT molecular complexity index is 1300. The molecule has 0 radical (unpaired) electrons. The van der Waals surface area contributed by atoms with Crippen molar-refractivity contribution < 1.29 is 19.8 Å². The highest BCUT2D eigenvalue weighted by atomic mass is 16.4. The number of para-hydroxylation sites is 1. The molecule has 8 nitrogen and oxygen atoms in total. The number of carbonyl (C=O) groups is 2. The highest BCUT2D eigenvalue weighted by Crippen LogP contribution is 2.40. The third kappa shape index (κ3) is 7.35. The molecule has 0 saturated heterocycles. The first-order valence-corrected chi connectivity index (χ1v) is 12.0. The average molecular weight is 501 g/mol. The number of carboxylic acids is 2. The van der Waals surface area contributed by atoms with Crippen LogP contribution in [-0.4, -0.2) is 64.9 Å². The van der Waals surface area contributed by atoms with E-state index >= 15 is 0 Å². The van der Waals surface area contributed by atoms with Gasteiger partial charge < -0.3 is 20.0 Å². The number of hydrogen-bond donors (Lipinski definition) is 2. The van der Waals surface area contributed by atoms with Crippen LogP contribution in [0.4, 0.5) is 17.2 Å². The average Bonchev–Trinajstić information content (AvgIpc) is 2.99. The van der Waals surface area contributed by atoms with Crippen molar-refractivity contribution in [2.24, 2.45) is 4.99 Å². The molecule has 0 unspecified atom stereocenters. The molecule has 0 fully saturated rings.